The zero-order valence-corrected chi connectivity index (χ0v) is 11.5. The maximum atomic E-state index is 3.54. The molecule has 16 heavy (non-hydrogen) atoms. The van der Waals surface area contributed by atoms with Crippen molar-refractivity contribution >= 4 is 26.8 Å². The monoisotopic (exact) mass is 280 g/mol. The minimum absolute atomic E-state index is 0.379. The number of nitrogens with zero attached hydrogens (tertiary/aromatic N) is 1. The van der Waals surface area contributed by atoms with Crippen LogP contribution in [0, 0.1) is 0 Å². The summed E-state index contributed by atoms with van der Waals surface area (Å²) in [6, 6.07) is 6.85. The predicted octanol–water partition coefficient (Wildman–Crippen LogP) is 3.70. The van der Waals surface area contributed by atoms with Gasteiger partial charge in [-0.05, 0) is 44.7 Å². The Labute approximate surface area is 105 Å². The third kappa shape index (κ3) is 1.89. The molecule has 0 saturated carbocycles. The molecule has 1 heterocycles. The highest BCUT2D eigenvalue weighted by Crippen LogP contribution is 2.28. The highest BCUT2D eigenvalue weighted by atomic mass is 79.9. The Hall–Kier alpha value is -0.800. The SMILES string of the molecule is CCn1cc(C(C)NC)c2cc(Br)ccc21. The molecular formula is C13H17BrN2. The summed E-state index contributed by atoms with van der Waals surface area (Å²) >= 11 is 3.54. The van der Waals surface area contributed by atoms with E-state index in [1.165, 1.54) is 16.5 Å². The summed E-state index contributed by atoms with van der Waals surface area (Å²) < 4.78 is 3.43. The molecule has 0 aliphatic heterocycles. The van der Waals surface area contributed by atoms with Crippen LogP contribution in [-0.2, 0) is 6.54 Å². The molecule has 0 aliphatic rings. The third-order valence-corrected chi connectivity index (χ3v) is 3.61. The zero-order chi connectivity index (χ0) is 11.7. The van der Waals surface area contributed by atoms with Crippen LogP contribution in [0.25, 0.3) is 10.9 Å². The van der Waals surface area contributed by atoms with Gasteiger partial charge in [-0.2, -0.15) is 0 Å². The molecule has 2 aromatic rings. The van der Waals surface area contributed by atoms with Crippen molar-refractivity contribution in [3.63, 3.8) is 0 Å². The van der Waals surface area contributed by atoms with E-state index < -0.39 is 0 Å². The van der Waals surface area contributed by atoms with Crippen molar-refractivity contribution < 1.29 is 0 Å². The van der Waals surface area contributed by atoms with Gasteiger partial charge in [-0.1, -0.05) is 15.9 Å². The lowest BCUT2D eigenvalue weighted by Crippen LogP contribution is -2.11. The average molecular weight is 281 g/mol. The van der Waals surface area contributed by atoms with Gasteiger partial charge in [0.05, 0.1) is 0 Å². The van der Waals surface area contributed by atoms with Crippen molar-refractivity contribution in [2.45, 2.75) is 26.4 Å². The number of nitrogens with one attached hydrogen (secondary N) is 1. The number of hydrogen-bond acceptors (Lipinski definition) is 1. The molecule has 3 heteroatoms. The van der Waals surface area contributed by atoms with Gasteiger partial charge in [0.25, 0.3) is 0 Å². The predicted molar refractivity (Wildman–Crippen MR) is 72.8 cm³/mol. The maximum absolute atomic E-state index is 3.54. The molecule has 86 valence electrons. The second-order valence-electron chi connectivity index (χ2n) is 4.04. The van der Waals surface area contributed by atoms with Gasteiger partial charge in [-0.3, -0.25) is 0 Å². The van der Waals surface area contributed by atoms with Crippen molar-refractivity contribution in [2.75, 3.05) is 7.05 Å². The van der Waals surface area contributed by atoms with Crippen molar-refractivity contribution in [3.8, 4) is 0 Å². The van der Waals surface area contributed by atoms with Gasteiger partial charge < -0.3 is 9.88 Å². The van der Waals surface area contributed by atoms with Crippen LogP contribution in [0.3, 0.4) is 0 Å². The molecule has 1 N–H and O–H groups in total. The number of hydrogen-bond donors (Lipinski definition) is 1. The van der Waals surface area contributed by atoms with E-state index in [4.69, 9.17) is 0 Å². The Balaban J connectivity index is 2.68. The van der Waals surface area contributed by atoms with Crippen LogP contribution in [0.1, 0.15) is 25.5 Å². The molecule has 1 atom stereocenters. The minimum Gasteiger partial charge on any atom is -0.347 e. The molecule has 1 aromatic carbocycles. The number of halogens is 1. The van der Waals surface area contributed by atoms with Crippen LogP contribution in [0.5, 0.6) is 0 Å². The molecule has 0 fully saturated rings. The highest BCUT2D eigenvalue weighted by molar-refractivity contribution is 9.10. The van der Waals surface area contributed by atoms with E-state index in [1.807, 2.05) is 7.05 Å². The van der Waals surface area contributed by atoms with Crippen LogP contribution in [0.2, 0.25) is 0 Å². The fraction of sp³-hybridized carbons (Fsp3) is 0.385. The first kappa shape index (κ1) is 11.7. The van der Waals surface area contributed by atoms with E-state index in [0.29, 0.717) is 6.04 Å². The molecular weight excluding hydrogens is 264 g/mol. The smallest absolute Gasteiger partial charge is 0.0484 e. The van der Waals surface area contributed by atoms with E-state index >= 15 is 0 Å². The van der Waals surface area contributed by atoms with Crippen molar-refractivity contribution in [3.05, 3.63) is 34.4 Å². The molecule has 0 spiro atoms. The number of rotatable bonds is 3. The number of aryl methyl sites for hydroxylation is 1. The standard InChI is InChI=1S/C13H17BrN2/c1-4-16-8-12(9(2)15-3)11-7-10(14)5-6-13(11)16/h5-9,15H,4H2,1-3H3. The topological polar surface area (TPSA) is 17.0 Å². The van der Waals surface area contributed by atoms with Crippen LogP contribution in [0.15, 0.2) is 28.9 Å². The first-order chi connectivity index (χ1) is 7.67. The Bertz CT molecular complexity index is 502. The zero-order valence-electron chi connectivity index (χ0n) is 9.92. The summed E-state index contributed by atoms with van der Waals surface area (Å²) in [5.74, 6) is 0. The van der Waals surface area contributed by atoms with E-state index in [2.05, 4.69) is 64.1 Å². The van der Waals surface area contributed by atoms with Gasteiger partial charge in [-0.25, -0.2) is 0 Å². The van der Waals surface area contributed by atoms with Crippen molar-refractivity contribution in [1.29, 1.82) is 0 Å². The maximum Gasteiger partial charge on any atom is 0.0484 e. The number of benzene rings is 1. The van der Waals surface area contributed by atoms with Gasteiger partial charge in [-0.15, -0.1) is 0 Å². The molecule has 0 radical (unpaired) electrons. The lowest BCUT2D eigenvalue weighted by atomic mass is 10.1. The van der Waals surface area contributed by atoms with Crippen molar-refractivity contribution in [1.82, 2.24) is 9.88 Å². The second-order valence-corrected chi connectivity index (χ2v) is 4.96. The van der Waals surface area contributed by atoms with Crippen LogP contribution < -0.4 is 5.32 Å². The number of fused-ring (bicyclic) bond motifs is 1. The Morgan fingerprint density at radius 2 is 2.19 bits per heavy atom. The van der Waals surface area contributed by atoms with Crippen LogP contribution >= 0.6 is 15.9 Å². The Morgan fingerprint density at radius 3 is 2.81 bits per heavy atom. The summed E-state index contributed by atoms with van der Waals surface area (Å²) in [7, 11) is 2.00. The lowest BCUT2D eigenvalue weighted by molar-refractivity contribution is 0.651. The minimum atomic E-state index is 0.379. The first-order valence-corrected chi connectivity index (χ1v) is 6.42. The van der Waals surface area contributed by atoms with Gasteiger partial charge in [0, 0.05) is 34.2 Å². The van der Waals surface area contributed by atoms with Crippen molar-refractivity contribution in [2.24, 2.45) is 0 Å². The fourth-order valence-corrected chi connectivity index (χ4v) is 2.42. The van der Waals surface area contributed by atoms with Crippen LogP contribution in [-0.4, -0.2) is 11.6 Å². The molecule has 2 rings (SSSR count). The Morgan fingerprint density at radius 1 is 1.44 bits per heavy atom. The number of aromatic nitrogens is 1. The van der Waals surface area contributed by atoms with Gasteiger partial charge >= 0.3 is 0 Å². The normalized spacial score (nSPS) is 13.2. The first-order valence-electron chi connectivity index (χ1n) is 5.63. The summed E-state index contributed by atoms with van der Waals surface area (Å²) in [5, 5.41) is 4.63. The van der Waals surface area contributed by atoms with Gasteiger partial charge in [0.1, 0.15) is 0 Å². The average Bonchev–Trinajstić information content (AvgIpc) is 2.66. The van der Waals surface area contributed by atoms with Gasteiger partial charge in [0.15, 0.2) is 0 Å². The summed E-state index contributed by atoms with van der Waals surface area (Å²) in [6.07, 6.45) is 2.25. The van der Waals surface area contributed by atoms with E-state index in [0.717, 1.165) is 11.0 Å². The summed E-state index contributed by atoms with van der Waals surface area (Å²) in [4.78, 5) is 0. The van der Waals surface area contributed by atoms with Crippen LogP contribution in [0.4, 0.5) is 0 Å². The second kappa shape index (κ2) is 4.60. The molecule has 0 aliphatic carbocycles. The largest absolute Gasteiger partial charge is 0.347 e. The van der Waals surface area contributed by atoms with Gasteiger partial charge in [0.2, 0.25) is 0 Å². The third-order valence-electron chi connectivity index (χ3n) is 3.11. The summed E-state index contributed by atoms with van der Waals surface area (Å²) in [5.41, 5.74) is 2.67. The van der Waals surface area contributed by atoms with E-state index in [1.54, 1.807) is 0 Å². The molecule has 0 saturated heterocycles. The lowest BCUT2D eigenvalue weighted by Gasteiger charge is -2.08. The van der Waals surface area contributed by atoms with E-state index in [9.17, 15) is 0 Å². The Kier molecular flexibility index (Phi) is 3.36. The highest BCUT2D eigenvalue weighted by Gasteiger charge is 2.12. The van der Waals surface area contributed by atoms with E-state index in [-0.39, 0.29) is 0 Å². The molecule has 1 aromatic heterocycles. The fourth-order valence-electron chi connectivity index (χ4n) is 2.06. The quantitative estimate of drug-likeness (QED) is 0.907. The molecule has 1 unspecified atom stereocenters. The summed E-state index contributed by atoms with van der Waals surface area (Å²) in [6.45, 7) is 5.37. The molecule has 0 bridgehead atoms. The molecule has 2 nitrogen and oxygen atoms in total. The molecule has 0 amide bonds.